The lowest BCUT2D eigenvalue weighted by atomic mass is 10.0. The van der Waals surface area contributed by atoms with E-state index in [1.165, 1.54) is 12.7 Å². The van der Waals surface area contributed by atoms with Gasteiger partial charge < -0.3 is 28.3 Å². The van der Waals surface area contributed by atoms with Crippen molar-refractivity contribution in [2.24, 2.45) is 0 Å². The molecule has 3 aliphatic rings. The van der Waals surface area contributed by atoms with Gasteiger partial charge in [0.25, 0.3) is 0 Å². The molecule has 1 saturated heterocycles. The number of rotatable bonds is 9. The predicted molar refractivity (Wildman–Crippen MR) is 154 cm³/mol. The maximum atomic E-state index is 12.2. The predicted octanol–water partition coefficient (Wildman–Crippen LogP) is 4.60. The Morgan fingerprint density at radius 1 is 1.07 bits per heavy atom. The van der Waals surface area contributed by atoms with Crippen LogP contribution in [-0.4, -0.2) is 65.1 Å². The molecule has 1 atom stereocenters. The zero-order valence-corrected chi connectivity index (χ0v) is 23.5. The molecule has 216 valence electrons. The molecule has 1 fully saturated rings. The summed E-state index contributed by atoms with van der Waals surface area (Å²) in [6, 6.07) is 17.3. The molecule has 0 unspecified atom stereocenters. The fraction of sp³-hybridized carbons (Fsp3) is 0.344. The molecular weight excluding hydrogens is 536 g/mol. The van der Waals surface area contributed by atoms with Crippen molar-refractivity contribution in [3.05, 3.63) is 83.3 Å². The van der Waals surface area contributed by atoms with Crippen molar-refractivity contribution < 1.29 is 28.5 Å². The number of aromatic nitrogens is 3. The van der Waals surface area contributed by atoms with Crippen LogP contribution in [0.2, 0.25) is 0 Å². The van der Waals surface area contributed by atoms with Gasteiger partial charge in [-0.3, -0.25) is 4.90 Å². The number of imidazole rings is 1. The van der Waals surface area contributed by atoms with Crippen molar-refractivity contribution in [1.82, 2.24) is 19.4 Å². The molecule has 10 heteroatoms. The molecule has 10 nitrogen and oxygen atoms in total. The van der Waals surface area contributed by atoms with Gasteiger partial charge in [-0.25, -0.2) is 14.8 Å². The van der Waals surface area contributed by atoms with Crippen LogP contribution in [-0.2, 0) is 29.2 Å². The lowest BCUT2D eigenvalue weighted by molar-refractivity contribution is -0.0591. The normalized spacial score (nSPS) is 18.0. The molecule has 2 aromatic carbocycles. The maximum absolute atomic E-state index is 12.2. The number of carbonyl (C=O) groups is 1. The first-order valence-corrected chi connectivity index (χ1v) is 14.2. The smallest absolute Gasteiger partial charge is 0.337 e. The Morgan fingerprint density at radius 3 is 2.79 bits per heavy atom. The standard InChI is InChI=1S/C32H32N4O6/c1-38-32(37)23-6-7-26-27(16-23)36(17-24-11-14-39-24)30(33-26)18-35-12-9-22(10-13-35)25-3-2-4-31(34-25)40-19-21-5-8-28-29(15-21)42-20-41-28/h2-9,15-16,24H,10-14,17-20H2,1H3/t24-/m0/s1. The minimum Gasteiger partial charge on any atom is -0.473 e. The summed E-state index contributed by atoms with van der Waals surface area (Å²) < 4.78 is 29.7. The maximum Gasteiger partial charge on any atom is 0.337 e. The first-order valence-electron chi connectivity index (χ1n) is 14.2. The second-order valence-electron chi connectivity index (χ2n) is 10.7. The van der Waals surface area contributed by atoms with Crippen molar-refractivity contribution in [1.29, 1.82) is 0 Å². The number of benzene rings is 2. The summed E-state index contributed by atoms with van der Waals surface area (Å²) in [5, 5.41) is 0. The number of hydrogen-bond acceptors (Lipinski definition) is 9. The molecule has 2 aromatic heterocycles. The Bertz CT molecular complexity index is 1660. The molecule has 5 heterocycles. The summed E-state index contributed by atoms with van der Waals surface area (Å²) >= 11 is 0. The largest absolute Gasteiger partial charge is 0.473 e. The molecule has 4 aromatic rings. The van der Waals surface area contributed by atoms with Gasteiger partial charge in [-0.15, -0.1) is 0 Å². The van der Waals surface area contributed by atoms with Gasteiger partial charge in [0.2, 0.25) is 12.7 Å². The Morgan fingerprint density at radius 2 is 1.98 bits per heavy atom. The Kier molecular flexibility index (Phi) is 7.23. The van der Waals surface area contributed by atoms with Crippen molar-refractivity contribution in [2.45, 2.75) is 38.6 Å². The summed E-state index contributed by atoms with van der Waals surface area (Å²) in [4.78, 5) is 24.3. The van der Waals surface area contributed by atoms with Crippen molar-refractivity contribution in [3.8, 4) is 17.4 Å². The quantitative estimate of drug-likeness (QED) is 0.268. The van der Waals surface area contributed by atoms with Crippen LogP contribution in [0.1, 0.15) is 40.3 Å². The van der Waals surface area contributed by atoms with E-state index in [4.69, 9.17) is 33.7 Å². The molecule has 0 aliphatic carbocycles. The highest BCUT2D eigenvalue weighted by Crippen LogP contribution is 2.33. The molecular formula is C32H32N4O6. The number of methoxy groups -OCH3 is 1. The van der Waals surface area contributed by atoms with Crippen LogP contribution in [0.3, 0.4) is 0 Å². The molecule has 0 radical (unpaired) electrons. The summed E-state index contributed by atoms with van der Waals surface area (Å²) in [5.74, 6) is 2.71. The van der Waals surface area contributed by atoms with Crippen LogP contribution in [0.25, 0.3) is 16.6 Å². The fourth-order valence-electron chi connectivity index (χ4n) is 5.52. The van der Waals surface area contributed by atoms with Gasteiger partial charge in [-0.1, -0.05) is 18.2 Å². The highest BCUT2D eigenvalue weighted by Gasteiger charge is 2.24. The number of pyridine rings is 1. The number of hydrogen-bond donors (Lipinski definition) is 0. The van der Waals surface area contributed by atoms with E-state index in [1.54, 1.807) is 6.07 Å². The van der Waals surface area contributed by atoms with Crippen LogP contribution in [0.5, 0.6) is 17.4 Å². The highest BCUT2D eigenvalue weighted by molar-refractivity contribution is 5.93. The van der Waals surface area contributed by atoms with Crippen LogP contribution in [0, 0.1) is 0 Å². The van der Waals surface area contributed by atoms with E-state index in [9.17, 15) is 4.79 Å². The number of ether oxygens (including phenoxy) is 5. The Labute approximate surface area is 243 Å². The van der Waals surface area contributed by atoms with E-state index in [0.29, 0.717) is 31.1 Å². The molecule has 7 rings (SSSR count). The molecule has 0 amide bonds. The van der Waals surface area contributed by atoms with Gasteiger partial charge >= 0.3 is 5.97 Å². The monoisotopic (exact) mass is 568 g/mol. The third-order valence-corrected chi connectivity index (χ3v) is 7.96. The van der Waals surface area contributed by atoms with E-state index in [-0.39, 0.29) is 18.9 Å². The first-order chi connectivity index (χ1) is 20.6. The van der Waals surface area contributed by atoms with Crippen molar-refractivity contribution in [3.63, 3.8) is 0 Å². The van der Waals surface area contributed by atoms with Crippen LogP contribution >= 0.6 is 0 Å². The summed E-state index contributed by atoms with van der Waals surface area (Å²) in [6.45, 7) is 4.52. The molecule has 42 heavy (non-hydrogen) atoms. The van der Waals surface area contributed by atoms with E-state index in [0.717, 1.165) is 72.2 Å². The van der Waals surface area contributed by atoms with E-state index in [1.807, 2.05) is 48.5 Å². The number of esters is 1. The SMILES string of the molecule is COC(=O)c1ccc2nc(CN3CC=C(c4cccc(OCc5ccc6c(c5)OCO6)n4)CC3)n(C[C@@H]3CCO3)c2c1. The molecule has 0 spiro atoms. The zero-order chi connectivity index (χ0) is 28.5. The van der Waals surface area contributed by atoms with Gasteiger partial charge in [0.15, 0.2) is 11.5 Å². The van der Waals surface area contributed by atoms with Gasteiger partial charge in [0.1, 0.15) is 12.4 Å². The van der Waals surface area contributed by atoms with Gasteiger partial charge in [0, 0.05) is 25.8 Å². The summed E-state index contributed by atoms with van der Waals surface area (Å²) in [6.07, 6.45) is 4.31. The topological polar surface area (TPSA) is 97.2 Å². The van der Waals surface area contributed by atoms with E-state index < -0.39 is 0 Å². The first kappa shape index (κ1) is 26.5. The van der Waals surface area contributed by atoms with Crippen molar-refractivity contribution >= 4 is 22.6 Å². The van der Waals surface area contributed by atoms with Crippen LogP contribution in [0.15, 0.2) is 60.7 Å². The summed E-state index contributed by atoms with van der Waals surface area (Å²) in [5.41, 5.74) is 5.45. The lowest BCUT2D eigenvalue weighted by Gasteiger charge is -2.29. The average molecular weight is 569 g/mol. The second kappa shape index (κ2) is 11.5. The number of fused-ring (bicyclic) bond motifs is 2. The van der Waals surface area contributed by atoms with Crippen molar-refractivity contribution in [2.75, 3.05) is 33.6 Å². The molecule has 0 saturated carbocycles. The van der Waals surface area contributed by atoms with E-state index in [2.05, 4.69) is 15.5 Å². The zero-order valence-electron chi connectivity index (χ0n) is 23.5. The van der Waals surface area contributed by atoms with Gasteiger partial charge in [0.05, 0.1) is 48.6 Å². The minimum atomic E-state index is -0.351. The highest BCUT2D eigenvalue weighted by atomic mass is 16.7. The Balaban J connectivity index is 1.03. The minimum absolute atomic E-state index is 0.168. The Hall–Kier alpha value is -4.41. The van der Waals surface area contributed by atoms with Crippen LogP contribution in [0.4, 0.5) is 0 Å². The van der Waals surface area contributed by atoms with E-state index >= 15 is 0 Å². The third-order valence-electron chi connectivity index (χ3n) is 7.96. The van der Waals surface area contributed by atoms with Crippen LogP contribution < -0.4 is 14.2 Å². The fourth-order valence-corrected chi connectivity index (χ4v) is 5.52. The number of carbonyl (C=O) groups excluding carboxylic acids is 1. The summed E-state index contributed by atoms with van der Waals surface area (Å²) in [7, 11) is 1.40. The van der Waals surface area contributed by atoms with Gasteiger partial charge in [-0.05, 0) is 60.4 Å². The average Bonchev–Trinajstić information content (AvgIpc) is 3.61. The second-order valence-corrected chi connectivity index (χ2v) is 10.7. The number of nitrogens with zero attached hydrogens (tertiary/aromatic N) is 4. The third kappa shape index (κ3) is 5.43. The molecule has 3 aliphatic heterocycles. The van der Waals surface area contributed by atoms with Gasteiger partial charge in [-0.2, -0.15) is 0 Å². The molecule has 0 bridgehead atoms. The molecule has 0 N–H and O–H groups in total. The lowest BCUT2D eigenvalue weighted by Crippen LogP contribution is -2.33.